The van der Waals surface area contributed by atoms with Gasteiger partial charge in [-0.15, -0.1) is 0 Å². The van der Waals surface area contributed by atoms with Crippen molar-refractivity contribution in [1.29, 1.82) is 0 Å². The first-order chi connectivity index (χ1) is 12.7. The number of nitrogens with one attached hydrogen (secondary N) is 1. The van der Waals surface area contributed by atoms with Crippen LogP contribution in [0.2, 0.25) is 0 Å². The van der Waals surface area contributed by atoms with Gasteiger partial charge in [0.1, 0.15) is 17.8 Å². The molecule has 3 N–H and O–H groups in total. The van der Waals surface area contributed by atoms with E-state index in [1.807, 2.05) is 24.4 Å². The molecular formula is C19H17BrN6. The van der Waals surface area contributed by atoms with E-state index in [0.29, 0.717) is 11.9 Å². The van der Waals surface area contributed by atoms with E-state index in [-0.39, 0.29) is 0 Å². The summed E-state index contributed by atoms with van der Waals surface area (Å²) in [5.74, 6) is 0.489. The molecule has 0 aliphatic carbocycles. The van der Waals surface area contributed by atoms with Gasteiger partial charge >= 0.3 is 0 Å². The number of hydrogen-bond acceptors (Lipinski definition) is 5. The molecule has 0 saturated carbocycles. The molecule has 26 heavy (non-hydrogen) atoms. The average molecular weight is 409 g/mol. The number of nitrogen functional groups attached to an aromatic ring is 1. The van der Waals surface area contributed by atoms with E-state index in [2.05, 4.69) is 52.9 Å². The normalized spacial score (nSPS) is 17.3. The molecule has 4 aromatic rings. The van der Waals surface area contributed by atoms with E-state index in [0.717, 1.165) is 57.2 Å². The molecule has 0 radical (unpaired) electrons. The summed E-state index contributed by atoms with van der Waals surface area (Å²) in [6.45, 7) is 1.92. The maximum Gasteiger partial charge on any atom is 0.147 e. The first-order valence-corrected chi connectivity index (χ1v) is 9.39. The third-order valence-electron chi connectivity index (χ3n) is 5.03. The van der Waals surface area contributed by atoms with Crippen molar-refractivity contribution in [3.8, 4) is 11.1 Å². The fraction of sp³-hybridized carbons (Fsp3) is 0.211. The van der Waals surface area contributed by atoms with Gasteiger partial charge < -0.3 is 15.6 Å². The van der Waals surface area contributed by atoms with Crippen LogP contribution in [0.15, 0.2) is 47.5 Å². The SMILES string of the molecule is Nc1ncnc2c1c(-c1cnc3ccccc3c1)c(Br)n2[C@@H]1CCNC1. The minimum absolute atomic E-state index is 0.336. The molecule has 4 heterocycles. The Morgan fingerprint density at radius 2 is 2.08 bits per heavy atom. The number of nitrogens with zero attached hydrogens (tertiary/aromatic N) is 4. The number of benzene rings is 1. The molecule has 5 rings (SSSR count). The number of aromatic nitrogens is 4. The Morgan fingerprint density at radius 3 is 2.92 bits per heavy atom. The van der Waals surface area contributed by atoms with Crippen molar-refractivity contribution in [3.05, 3.63) is 47.5 Å². The lowest BCUT2D eigenvalue weighted by atomic mass is 10.1. The summed E-state index contributed by atoms with van der Waals surface area (Å²) in [7, 11) is 0. The van der Waals surface area contributed by atoms with Gasteiger partial charge in [0.25, 0.3) is 0 Å². The van der Waals surface area contributed by atoms with Crippen molar-refractivity contribution < 1.29 is 0 Å². The van der Waals surface area contributed by atoms with E-state index >= 15 is 0 Å². The predicted octanol–water partition coefficient (Wildman–Crippen LogP) is 3.53. The average Bonchev–Trinajstić information content (AvgIpc) is 3.27. The molecule has 1 atom stereocenters. The Bertz CT molecular complexity index is 1130. The number of anilines is 1. The number of pyridine rings is 1. The van der Waals surface area contributed by atoms with Gasteiger partial charge in [0.15, 0.2) is 0 Å². The van der Waals surface area contributed by atoms with Gasteiger partial charge in [-0.05, 0) is 41.0 Å². The quantitative estimate of drug-likeness (QED) is 0.530. The molecule has 130 valence electrons. The third-order valence-corrected chi connectivity index (χ3v) is 5.81. The maximum atomic E-state index is 6.27. The number of hydrogen-bond donors (Lipinski definition) is 2. The molecule has 0 bridgehead atoms. The van der Waals surface area contributed by atoms with Gasteiger partial charge in [-0.1, -0.05) is 18.2 Å². The van der Waals surface area contributed by atoms with E-state index in [1.54, 1.807) is 0 Å². The second-order valence-corrected chi connectivity index (χ2v) is 7.31. The van der Waals surface area contributed by atoms with Crippen molar-refractivity contribution in [2.45, 2.75) is 12.5 Å². The van der Waals surface area contributed by atoms with E-state index in [1.165, 1.54) is 6.33 Å². The van der Waals surface area contributed by atoms with Gasteiger partial charge in [-0.25, -0.2) is 9.97 Å². The largest absolute Gasteiger partial charge is 0.383 e. The molecule has 7 heteroatoms. The molecule has 0 amide bonds. The monoisotopic (exact) mass is 408 g/mol. The van der Waals surface area contributed by atoms with E-state index < -0.39 is 0 Å². The fourth-order valence-electron chi connectivity index (χ4n) is 3.79. The number of nitrogens with two attached hydrogens (primary N) is 1. The van der Waals surface area contributed by atoms with Crippen LogP contribution < -0.4 is 11.1 Å². The van der Waals surface area contributed by atoms with Crippen LogP contribution >= 0.6 is 15.9 Å². The second-order valence-electron chi connectivity index (χ2n) is 6.56. The fourth-order valence-corrected chi connectivity index (χ4v) is 4.68. The lowest BCUT2D eigenvalue weighted by Crippen LogP contribution is -2.14. The van der Waals surface area contributed by atoms with Crippen LogP contribution in [0.5, 0.6) is 0 Å². The Morgan fingerprint density at radius 1 is 1.19 bits per heavy atom. The van der Waals surface area contributed by atoms with Crippen LogP contribution in [0.3, 0.4) is 0 Å². The van der Waals surface area contributed by atoms with Crippen LogP contribution in [0.4, 0.5) is 5.82 Å². The zero-order valence-electron chi connectivity index (χ0n) is 14.0. The van der Waals surface area contributed by atoms with Crippen molar-refractivity contribution in [2.24, 2.45) is 0 Å². The number of fused-ring (bicyclic) bond motifs is 2. The van der Waals surface area contributed by atoms with Crippen LogP contribution in [0.25, 0.3) is 33.1 Å². The minimum Gasteiger partial charge on any atom is -0.383 e. The van der Waals surface area contributed by atoms with Crippen molar-refractivity contribution >= 4 is 43.7 Å². The molecule has 1 fully saturated rings. The van der Waals surface area contributed by atoms with Crippen LogP contribution in [-0.4, -0.2) is 32.6 Å². The molecule has 0 spiro atoms. The summed E-state index contributed by atoms with van der Waals surface area (Å²) in [6.07, 6.45) is 4.48. The molecule has 3 aromatic heterocycles. The summed E-state index contributed by atoms with van der Waals surface area (Å²) in [5.41, 5.74) is 10.1. The standard InChI is InChI=1S/C19H17BrN6/c20-17-15(12-7-11-3-1-2-4-14(11)23-8-12)16-18(21)24-10-25-19(16)26(17)13-5-6-22-9-13/h1-4,7-8,10,13,22H,5-6,9H2,(H2,21,24,25)/t13-/m1/s1. The summed E-state index contributed by atoms with van der Waals surface area (Å²) in [4.78, 5) is 13.4. The zero-order valence-corrected chi connectivity index (χ0v) is 15.6. The highest BCUT2D eigenvalue weighted by Gasteiger charge is 2.27. The Kier molecular flexibility index (Phi) is 3.65. The van der Waals surface area contributed by atoms with Gasteiger partial charge in [-0.3, -0.25) is 4.98 Å². The Balaban J connectivity index is 1.82. The molecular weight excluding hydrogens is 392 g/mol. The zero-order chi connectivity index (χ0) is 17.7. The lowest BCUT2D eigenvalue weighted by Gasteiger charge is -2.14. The van der Waals surface area contributed by atoms with Crippen LogP contribution in [0, 0.1) is 0 Å². The highest BCUT2D eigenvalue weighted by atomic mass is 79.9. The smallest absolute Gasteiger partial charge is 0.147 e. The van der Waals surface area contributed by atoms with E-state index in [9.17, 15) is 0 Å². The lowest BCUT2D eigenvalue weighted by molar-refractivity contribution is 0.553. The molecule has 1 saturated heterocycles. The van der Waals surface area contributed by atoms with Gasteiger partial charge in [0, 0.05) is 35.3 Å². The van der Waals surface area contributed by atoms with Crippen LogP contribution in [-0.2, 0) is 0 Å². The third kappa shape index (κ3) is 2.31. The highest BCUT2D eigenvalue weighted by molar-refractivity contribution is 9.10. The summed E-state index contributed by atoms with van der Waals surface area (Å²) in [5, 5.41) is 5.39. The van der Waals surface area contributed by atoms with Crippen molar-refractivity contribution in [3.63, 3.8) is 0 Å². The van der Waals surface area contributed by atoms with Gasteiger partial charge in [0.2, 0.25) is 0 Å². The minimum atomic E-state index is 0.336. The topological polar surface area (TPSA) is 81.7 Å². The second kappa shape index (κ2) is 6.03. The molecule has 1 aromatic carbocycles. The first-order valence-electron chi connectivity index (χ1n) is 8.60. The summed E-state index contributed by atoms with van der Waals surface area (Å²) >= 11 is 3.82. The Hall–Kier alpha value is -2.51. The molecule has 0 unspecified atom stereocenters. The molecule has 1 aliphatic rings. The van der Waals surface area contributed by atoms with Crippen LogP contribution in [0.1, 0.15) is 12.5 Å². The van der Waals surface area contributed by atoms with Gasteiger partial charge in [-0.2, -0.15) is 0 Å². The first kappa shape index (κ1) is 15.7. The van der Waals surface area contributed by atoms with E-state index in [4.69, 9.17) is 5.73 Å². The molecule has 1 aliphatic heterocycles. The van der Waals surface area contributed by atoms with Gasteiger partial charge in [0.05, 0.1) is 15.5 Å². The number of para-hydroxylation sites is 1. The number of rotatable bonds is 2. The van der Waals surface area contributed by atoms with Crippen molar-refractivity contribution in [1.82, 2.24) is 24.8 Å². The summed E-state index contributed by atoms with van der Waals surface area (Å²) in [6, 6.07) is 10.6. The molecule has 6 nitrogen and oxygen atoms in total. The highest BCUT2D eigenvalue weighted by Crippen LogP contribution is 2.42. The predicted molar refractivity (Wildman–Crippen MR) is 107 cm³/mol. The summed E-state index contributed by atoms with van der Waals surface area (Å²) < 4.78 is 3.21. The number of halogens is 1. The maximum absolute atomic E-state index is 6.27. The van der Waals surface area contributed by atoms with Crippen molar-refractivity contribution in [2.75, 3.05) is 18.8 Å². The Labute approximate surface area is 158 Å².